The molecular weight excluding hydrogens is 490 g/mol. The highest BCUT2D eigenvalue weighted by Gasteiger charge is 2.41. The molecule has 40 heavy (non-hydrogen) atoms. The predicted molar refractivity (Wildman–Crippen MR) is 167 cm³/mol. The zero-order chi connectivity index (χ0) is 28.6. The molecule has 0 amide bonds. The molecule has 1 aliphatic heterocycles. The first-order chi connectivity index (χ1) is 19.2. The van der Waals surface area contributed by atoms with Crippen LogP contribution < -0.4 is 0 Å². The second-order valence-corrected chi connectivity index (χ2v) is 12.9. The maximum Gasteiger partial charge on any atom is 0.162 e. The number of nitrogens with zero attached hydrogens (tertiary/aromatic N) is 1. The molecule has 3 aromatic carbocycles. The van der Waals surface area contributed by atoms with E-state index >= 15 is 0 Å². The van der Waals surface area contributed by atoms with Gasteiger partial charge in [0.25, 0.3) is 0 Å². The van der Waals surface area contributed by atoms with Crippen LogP contribution in [-0.4, -0.2) is 35.4 Å². The Hall–Kier alpha value is -2.75. The van der Waals surface area contributed by atoms with Gasteiger partial charge in [0, 0.05) is 12.0 Å². The van der Waals surface area contributed by atoms with Gasteiger partial charge >= 0.3 is 0 Å². The largest absolute Gasteiger partial charge is 0.380 e. The third-order valence-corrected chi connectivity index (χ3v) is 9.07. The number of piperidine rings is 1. The Morgan fingerprint density at radius 1 is 0.825 bits per heavy atom. The Balaban J connectivity index is 1.24. The van der Waals surface area contributed by atoms with Crippen LogP contribution in [0.15, 0.2) is 84.9 Å². The Bertz CT molecular complexity index is 1140. The number of likely N-dealkylation sites (tertiary alicyclic amines) is 1. The first-order valence-corrected chi connectivity index (χ1v) is 15.4. The van der Waals surface area contributed by atoms with Gasteiger partial charge in [0.1, 0.15) is 5.60 Å². The molecule has 3 nitrogen and oxygen atoms in total. The molecule has 0 aromatic heterocycles. The number of carbonyl (C=O) groups is 1. The number of hydrogen-bond donors (Lipinski definition) is 1. The van der Waals surface area contributed by atoms with Crippen molar-refractivity contribution in [2.45, 2.75) is 83.7 Å². The number of aliphatic hydroxyl groups is 1. The fourth-order valence-electron chi connectivity index (χ4n) is 6.26. The molecule has 3 heteroatoms. The van der Waals surface area contributed by atoms with Crippen molar-refractivity contribution in [1.29, 1.82) is 0 Å². The zero-order valence-electron chi connectivity index (χ0n) is 25.1. The number of carbonyl (C=O) groups excluding carboxylic acids is 1. The molecule has 0 unspecified atom stereocenters. The van der Waals surface area contributed by atoms with Crippen molar-refractivity contribution in [3.05, 3.63) is 107 Å². The first-order valence-electron chi connectivity index (χ1n) is 15.4. The monoisotopic (exact) mass is 539 g/mol. The van der Waals surface area contributed by atoms with Crippen LogP contribution in [0.3, 0.4) is 0 Å². The van der Waals surface area contributed by atoms with Gasteiger partial charge in [-0.15, -0.1) is 0 Å². The lowest BCUT2D eigenvalue weighted by molar-refractivity contribution is -0.0143. The molecule has 0 atom stereocenters. The fraction of sp³-hybridized carbons (Fsp3) is 0.486. The lowest BCUT2D eigenvalue weighted by Crippen LogP contribution is -2.44. The highest BCUT2D eigenvalue weighted by Crippen LogP contribution is 2.42. The summed E-state index contributed by atoms with van der Waals surface area (Å²) in [5, 5.41) is 12.1. The maximum absolute atomic E-state index is 12.9. The van der Waals surface area contributed by atoms with Gasteiger partial charge in [-0.25, -0.2) is 0 Å². The lowest BCUT2D eigenvalue weighted by atomic mass is 9.72. The van der Waals surface area contributed by atoms with Crippen molar-refractivity contribution < 1.29 is 9.90 Å². The van der Waals surface area contributed by atoms with E-state index in [4.69, 9.17) is 0 Å². The van der Waals surface area contributed by atoms with Crippen LogP contribution in [-0.2, 0) is 11.0 Å². The molecule has 0 radical (unpaired) electrons. The van der Waals surface area contributed by atoms with E-state index in [1.165, 1.54) is 12.0 Å². The Labute approximate surface area is 242 Å². The summed E-state index contributed by atoms with van der Waals surface area (Å²) in [4.78, 5) is 15.4. The minimum atomic E-state index is -0.972. The molecule has 0 aliphatic carbocycles. The van der Waals surface area contributed by atoms with Gasteiger partial charge in [0.15, 0.2) is 5.78 Å². The van der Waals surface area contributed by atoms with Gasteiger partial charge in [-0.2, -0.15) is 0 Å². The summed E-state index contributed by atoms with van der Waals surface area (Å²) >= 11 is 0. The van der Waals surface area contributed by atoms with Crippen LogP contribution in [0.5, 0.6) is 0 Å². The highest BCUT2D eigenvalue weighted by molar-refractivity contribution is 5.96. The Kier molecular flexibility index (Phi) is 10.4. The molecule has 1 fully saturated rings. The fourth-order valence-corrected chi connectivity index (χ4v) is 6.26. The van der Waals surface area contributed by atoms with Crippen molar-refractivity contribution in [3.63, 3.8) is 0 Å². The number of benzene rings is 3. The molecular formula is C37H49NO2. The number of ketones is 1. The van der Waals surface area contributed by atoms with Crippen molar-refractivity contribution in [2.75, 3.05) is 19.6 Å². The van der Waals surface area contributed by atoms with Gasteiger partial charge in [0.05, 0.1) is 0 Å². The lowest BCUT2D eigenvalue weighted by Gasteiger charge is -2.42. The summed E-state index contributed by atoms with van der Waals surface area (Å²) < 4.78 is 0. The molecule has 0 saturated carbocycles. The van der Waals surface area contributed by atoms with Gasteiger partial charge < -0.3 is 10.0 Å². The van der Waals surface area contributed by atoms with Gasteiger partial charge in [-0.1, -0.05) is 119 Å². The van der Waals surface area contributed by atoms with Crippen LogP contribution in [0, 0.1) is 11.8 Å². The van der Waals surface area contributed by atoms with E-state index < -0.39 is 5.60 Å². The van der Waals surface area contributed by atoms with Crippen LogP contribution >= 0.6 is 0 Å². The normalized spacial score (nSPS) is 15.4. The van der Waals surface area contributed by atoms with E-state index in [1.54, 1.807) is 0 Å². The second-order valence-electron chi connectivity index (χ2n) is 12.9. The van der Waals surface area contributed by atoms with Crippen molar-refractivity contribution in [2.24, 2.45) is 11.8 Å². The highest BCUT2D eigenvalue weighted by atomic mass is 16.3. The number of Topliss-reactive ketones (excluding diaryl/α,β-unsaturated/α-hetero) is 1. The van der Waals surface area contributed by atoms with Gasteiger partial charge in [0.2, 0.25) is 0 Å². The molecule has 0 bridgehead atoms. The average molecular weight is 540 g/mol. The summed E-state index contributed by atoms with van der Waals surface area (Å²) in [6, 6.07) is 28.7. The minimum absolute atomic E-state index is 0.136. The third kappa shape index (κ3) is 7.50. The topological polar surface area (TPSA) is 40.5 Å². The molecule has 4 rings (SSSR count). The SMILES string of the molecule is CC(C)CCC(C)(C)c1ccc(C(=O)CCCCN2CCC(C(O)(c3ccccc3)c3ccccc3)CC2)cc1. The van der Waals surface area contributed by atoms with E-state index in [0.717, 1.165) is 68.4 Å². The molecule has 0 spiro atoms. The predicted octanol–water partition coefficient (Wildman–Crippen LogP) is 8.40. The van der Waals surface area contributed by atoms with Crippen molar-refractivity contribution in [1.82, 2.24) is 4.90 Å². The molecule has 1 aliphatic rings. The smallest absolute Gasteiger partial charge is 0.162 e. The average Bonchev–Trinajstić information content (AvgIpc) is 2.99. The van der Waals surface area contributed by atoms with E-state index in [2.05, 4.69) is 69.0 Å². The van der Waals surface area contributed by atoms with Crippen LogP contribution in [0.1, 0.15) is 99.7 Å². The van der Waals surface area contributed by atoms with E-state index in [-0.39, 0.29) is 17.1 Å². The minimum Gasteiger partial charge on any atom is -0.380 e. The van der Waals surface area contributed by atoms with Gasteiger partial charge in [-0.3, -0.25) is 4.79 Å². The Morgan fingerprint density at radius 2 is 1.38 bits per heavy atom. The Morgan fingerprint density at radius 3 is 1.90 bits per heavy atom. The molecule has 1 heterocycles. The summed E-state index contributed by atoms with van der Waals surface area (Å²) in [6.45, 7) is 12.1. The summed E-state index contributed by atoms with van der Waals surface area (Å²) in [7, 11) is 0. The molecule has 3 aromatic rings. The van der Waals surface area contributed by atoms with Crippen LogP contribution in [0.2, 0.25) is 0 Å². The standard InChI is InChI=1S/C37H49NO2/c1-29(2)22-25-36(3,4)31-20-18-30(19-21-31)35(39)17-11-12-26-38-27-23-34(24-28-38)37(40,32-13-7-5-8-14-32)33-15-9-6-10-16-33/h5-10,13-16,18-21,29,34,40H,11-12,17,22-28H2,1-4H3. The molecule has 1 N–H and O–H groups in total. The summed E-state index contributed by atoms with van der Waals surface area (Å²) in [5.41, 5.74) is 3.28. The number of hydrogen-bond acceptors (Lipinski definition) is 3. The molecule has 214 valence electrons. The molecule has 1 saturated heterocycles. The zero-order valence-corrected chi connectivity index (χ0v) is 25.1. The second kappa shape index (κ2) is 13.7. The quantitative estimate of drug-likeness (QED) is 0.175. The van der Waals surface area contributed by atoms with Crippen molar-refractivity contribution in [3.8, 4) is 0 Å². The first kappa shape index (κ1) is 30.2. The van der Waals surface area contributed by atoms with E-state index in [9.17, 15) is 9.90 Å². The summed E-state index contributed by atoms with van der Waals surface area (Å²) in [6.07, 6.45) is 6.84. The number of rotatable bonds is 13. The van der Waals surface area contributed by atoms with Crippen LogP contribution in [0.4, 0.5) is 0 Å². The third-order valence-electron chi connectivity index (χ3n) is 9.07. The summed E-state index contributed by atoms with van der Waals surface area (Å²) in [5.74, 6) is 1.13. The van der Waals surface area contributed by atoms with Gasteiger partial charge in [-0.05, 0) is 85.7 Å². The van der Waals surface area contributed by atoms with Crippen LogP contribution in [0.25, 0.3) is 0 Å². The number of unbranched alkanes of at least 4 members (excludes halogenated alkanes) is 1. The maximum atomic E-state index is 12.9. The van der Waals surface area contributed by atoms with E-state index in [1.807, 2.05) is 48.5 Å². The van der Waals surface area contributed by atoms with E-state index in [0.29, 0.717) is 12.3 Å². The van der Waals surface area contributed by atoms with Crippen molar-refractivity contribution >= 4 is 5.78 Å².